The van der Waals surface area contributed by atoms with E-state index in [0.717, 1.165) is 6.07 Å². The lowest BCUT2D eigenvalue weighted by atomic mass is 9.79. The molecule has 1 aromatic carbocycles. The topological polar surface area (TPSA) is 60.7 Å². The molecule has 1 aromatic rings. The summed E-state index contributed by atoms with van der Waals surface area (Å²) in [5, 5.41) is 25.9. The third-order valence-electron chi connectivity index (χ3n) is 1.58. The van der Waals surface area contributed by atoms with Gasteiger partial charge in [-0.05, 0) is 11.6 Å². The van der Waals surface area contributed by atoms with Gasteiger partial charge in [0, 0.05) is 5.46 Å². The fourth-order valence-electron chi connectivity index (χ4n) is 0.948. The predicted octanol–water partition coefficient (Wildman–Crippen LogP) is -0.349. The Morgan fingerprint density at radius 3 is 2.46 bits per heavy atom. The van der Waals surface area contributed by atoms with Crippen LogP contribution in [0.3, 0.4) is 0 Å². The van der Waals surface area contributed by atoms with Crippen molar-refractivity contribution < 1.29 is 19.5 Å². The molecular formula is C7H7BClFO3. The summed E-state index contributed by atoms with van der Waals surface area (Å²) in [5.41, 5.74) is -0.00829. The summed E-state index contributed by atoms with van der Waals surface area (Å²) < 4.78 is 13.0. The maximum absolute atomic E-state index is 13.0. The molecule has 6 heteroatoms. The smallest absolute Gasteiger partial charge is 0.423 e. The van der Waals surface area contributed by atoms with E-state index in [-0.39, 0.29) is 17.1 Å². The molecule has 0 aliphatic heterocycles. The Hall–Kier alpha value is -0.615. The second-order valence-electron chi connectivity index (χ2n) is 2.51. The number of hydrogen-bond donors (Lipinski definition) is 3. The fourth-order valence-corrected chi connectivity index (χ4v) is 1.20. The highest BCUT2D eigenvalue weighted by Gasteiger charge is 2.19. The first-order valence-corrected chi connectivity index (χ1v) is 3.89. The SMILES string of the molecule is OCc1cc(Cl)c(F)c(B(O)O)c1. The van der Waals surface area contributed by atoms with E-state index in [4.69, 9.17) is 26.8 Å². The van der Waals surface area contributed by atoms with E-state index in [1.54, 1.807) is 0 Å². The van der Waals surface area contributed by atoms with E-state index in [2.05, 4.69) is 0 Å². The molecule has 3 nitrogen and oxygen atoms in total. The number of benzene rings is 1. The van der Waals surface area contributed by atoms with E-state index < -0.39 is 12.9 Å². The van der Waals surface area contributed by atoms with E-state index in [1.165, 1.54) is 6.07 Å². The van der Waals surface area contributed by atoms with Gasteiger partial charge in [-0.2, -0.15) is 0 Å². The quantitative estimate of drug-likeness (QED) is 0.577. The van der Waals surface area contributed by atoms with Crippen molar-refractivity contribution in [3.63, 3.8) is 0 Å². The van der Waals surface area contributed by atoms with Crippen molar-refractivity contribution in [2.45, 2.75) is 6.61 Å². The molecule has 0 radical (unpaired) electrons. The Kier molecular flexibility index (Phi) is 3.27. The number of aliphatic hydroxyl groups is 1. The third kappa shape index (κ3) is 2.19. The van der Waals surface area contributed by atoms with Crippen molar-refractivity contribution in [3.05, 3.63) is 28.5 Å². The molecule has 0 spiro atoms. The van der Waals surface area contributed by atoms with Crippen LogP contribution in [-0.4, -0.2) is 22.3 Å². The molecule has 0 amide bonds. The van der Waals surface area contributed by atoms with Crippen LogP contribution in [0.15, 0.2) is 12.1 Å². The molecule has 0 atom stereocenters. The summed E-state index contributed by atoms with van der Waals surface area (Å²) in [7, 11) is -1.93. The fraction of sp³-hybridized carbons (Fsp3) is 0.143. The van der Waals surface area contributed by atoms with Crippen LogP contribution in [0.2, 0.25) is 5.02 Å². The summed E-state index contributed by atoms with van der Waals surface area (Å²) in [6, 6.07) is 2.37. The minimum Gasteiger partial charge on any atom is -0.423 e. The van der Waals surface area contributed by atoms with Crippen molar-refractivity contribution in [1.82, 2.24) is 0 Å². The Labute approximate surface area is 79.5 Å². The zero-order valence-corrected chi connectivity index (χ0v) is 7.29. The molecule has 3 N–H and O–H groups in total. The monoisotopic (exact) mass is 204 g/mol. The van der Waals surface area contributed by atoms with Crippen molar-refractivity contribution >= 4 is 24.2 Å². The van der Waals surface area contributed by atoms with Crippen LogP contribution in [0.5, 0.6) is 0 Å². The Balaban J connectivity index is 3.25. The summed E-state index contributed by atoms with van der Waals surface area (Å²) in [6.07, 6.45) is 0. The highest BCUT2D eigenvalue weighted by molar-refractivity contribution is 6.59. The summed E-state index contributed by atoms with van der Waals surface area (Å²) in [5.74, 6) is -0.881. The van der Waals surface area contributed by atoms with Gasteiger partial charge in [0.2, 0.25) is 0 Å². The van der Waals surface area contributed by atoms with Gasteiger partial charge in [-0.15, -0.1) is 0 Å². The Morgan fingerprint density at radius 1 is 1.38 bits per heavy atom. The lowest BCUT2D eigenvalue weighted by Crippen LogP contribution is -2.33. The van der Waals surface area contributed by atoms with Gasteiger partial charge in [0.25, 0.3) is 0 Å². The summed E-state index contributed by atoms with van der Waals surface area (Å²) in [6.45, 7) is -0.334. The molecule has 0 fully saturated rings. The van der Waals surface area contributed by atoms with Crippen LogP contribution in [0.25, 0.3) is 0 Å². The van der Waals surface area contributed by atoms with Gasteiger partial charge in [0.15, 0.2) is 0 Å². The van der Waals surface area contributed by atoms with E-state index in [0.29, 0.717) is 5.56 Å². The molecule has 0 bridgehead atoms. The van der Waals surface area contributed by atoms with E-state index >= 15 is 0 Å². The average molecular weight is 204 g/mol. The van der Waals surface area contributed by atoms with Gasteiger partial charge in [-0.25, -0.2) is 4.39 Å². The lowest BCUT2D eigenvalue weighted by Gasteiger charge is -2.05. The maximum Gasteiger partial charge on any atom is 0.491 e. The minimum atomic E-state index is -1.93. The van der Waals surface area contributed by atoms with Crippen LogP contribution in [-0.2, 0) is 6.61 Å². The summed E-state index contributed by atoms with van der Waals surface area (Å²) in [4.78, 5) is 0. The van der Waals surface area contributed by atoms with Crippen molar-refractivity contribution in [2.24, 2.45) is 0 Å². The van der Waals surface area contributed by atoms with Gasteiger partial charge in [0.1, 0.15) is 5.82 Å². The predicted molar refractivity (Wildman–Crippen MR) is 47.2 cm³/mol. The first-order chi connectivity index (χ1) is 6.06. The summed E-state index contributed by atoms with van der Waals surface area (Å²) >= 11 is 5.43. The van der Waals surface area contributed by atoms with Crippen molar-refractivity contribution in [3.8, 4) is 0 Å². The molecule has 70 valence electrons. The van der Waals surface area contributed by atoms with Gasteiger partial charge in [-0.1, -0.05) is 17.7 Å². The Morgan fingerprint density at radius 2 is 2.00 bits per heavy atom. The van der Waals surface area contributed by atoms with Gasteiger partial charge < -0.3 is 15.2 Å². The lowest BCUT2D eigenvalue weighted by molar-refractivity contribution is 0.282. The number of rotatable bonds is 2. The van der Waals surface area contributed by atoms with Crippen LogP contribution in [0.4, 0.5) is 4.39 Å². The molecule has 0 unspecified atom stereocenters. The minimum absolute atomic E-state index is 0.241. The number of hydrogen-bond acceptors (Lipinski definition) is 3. The van der Waals surface area contributed by atoms with Crippen LogP contribution in [0.1, 0.15) is 5.56 Å². The molecule has 13 heavy (non-hydrogen) atoms. The molecule has 1 rings (SSSR count). The first kappa shape index (κ1) is 10.5. The molecule has 0 heterocycles. The normalized spacial score (nSPS) is 10.2. The van der Waals surface area contributed by atoms with E-state index in [1.807, 2.05) is 0 Å². The highest BCUT2D eigenvalue weighted by Crippen LogP contribution is 2.14. The molecule has 0 aliphatic rings. The first-order valence-electron chi connectivity index (χ1n) is 3.51. The second kappa shape index (κ2) is 4.06. The average Bonchev–Trinajstić information content (AvgIpc) is 2.09. The number of halogens is 2. The van der Waals surface area contributed by atoms with Crippen LogP contribution in [0, 0.1) is 5.82 Å². The van der Waals surface area contributed by atoms with Crippen molar-refractivity contribution in [1.29, 1.82) is 0 Å². The molecule has 0 aliphatic carbocycles. The number of aliphatic hydroxyl groups excluding tert-OH is 1. The van der Waals surface area contributed by atoms with Gasteiger partial charge in [0.05, 0.1) is 11.6 Å². The van der Waals surface area contributed by atoms with Gasteiger partial charge in [-0.3, -0.25) is 0 Å². The van der Waals surface area contributed by atoms with Crippen molar-refractivity contribution in [2.75, 3.05) is 0 Å². The standard InChI is InChI=1S/C7H7BClFO3/c9-6-2-4(3-11)1-5(7(6)10)8(12)13/h1-2,11-13H,3H2. The van der Waals surface area contributed by atoms with Crippen LogP contribution < -0.4 is 5.46 Å². The highest BCUT2D eigenvalue weighted by atomic mass is 35.5. The molecule has 0 aromatic heterocycles. The second-order valence-corrected chi connectivity index (χ2v) is 2.92. The zero-order chi connectivity index (χ0) is 10.0. The molecular weight excluding hydrogens is 197 g/mol. The largest absolute Gasteiger partial charge is 0.491 e. The van der Waals surface area contributed by atoms with E-state index in [9.17, 15) is 4.39 Å². The van der Waals surface area contributed by atoms with Gasteiger partial charge >= 0.3 is 7.12 Å². The third-order valence-corrected chi connectivity index (χ3v) is 1.85. The van der Waals surface area contributed by atoms with Crippen LogP contribution >= 0.6 is 11.6 Å². The maximum atomic E-state index is 13.0. The Bertz CT molecular complexity index is 319. The molecule has 0 saturated heterocycles. The zero-order valence-electron chi connectivity index (χ0n) is 6.54. The molecule has 0 saturated carbocycles.